The van der Waals surface area contributed by atoms with Crippen molar-refractivity contribution in [3.63, 3.8) is 0 Å². The Morgan fingerprint density at radius 3 is 3.00 bits per heavy atom. The highest BCUT2D eigenvalue weighted by Gasteiger charge is 2.29. The lowest BCUT2D eigenvalue weighted by atomic mass is 10.0. The monoisotopic (exact) mass is 346 g/mol. The van der Waals surface area contributed by atoms with Gasteiger partial charge in [0.25, 0.3) is 0 Å². The van der Waals surface area contributed by atoms with Crippen LogP contribution in [0.1, 0.15) is 34.9 Å². The van der Waals surface area contributed by atoms with Crippen molar-refractivity contribution in [2.24, 2.45) is 0 Å². The van der Waals surface area contributed by atoms with E-state index in [4.69, 9.17) is 9.15 Å². The lowest BCUT2D eigenvalue weighted by molar-refractivity contribution is 0.0975. The molecule has 0 atom stereocenters. The van der Waals surface area contributed by atoms with Gasteiger partial charge in [0.1, 0.15) is 5.76 Å². The van der Waals surface area contributed by atoms with Gasteiger partial charge in [-0.2, -0.15) is 0 Å². The molecule has 1 fully saturated rings. The number of furan rings is 1. The molecule has 0 unspecified atom stereocenters. The summed E-state index contributed by atoms with van der Waals surface area (Å²) in [5, 5.41) is 0.839. The molecule has 5 nitrogen and oxygen atoms in total. The van der Waals surface area contributed by atoms with Gasteiger partial charge in [-0.1, -0.05) is 0 Å². The average Bonchev–Trinajstić information content (AvgIpc) is 3.30. The summed E-state index contributed by atoms with van der Waals surface area (Å²) in [5.41, 5.74) is 3.18. The first-order chi connectivity index (χ1) is 12.7. The molecule has 5 rings (SSSR count). The van der Waals surface area contributed by atoms with E-state index >= 15 is 0 Å². The first kappa shape index (κ1) is 15.2. The molecule has 5 heteroatoms. The van der Waals surface area contributed by atoms with Crippen molar-refractivity contribution in [3.8, 4) is 5.75 Å². The van der Waals surface area contributed by atoms with E-state index < -0.39 is 0 Å². The molecule has 1 aliphatic rings. The highest BCUT2D eigenvalue weighted by Crippen LogP contribution is 2.44. The minimum atomic E-state index is 0.0437. The molecule has 3 heterocycles. The second-order valence-corrected chi connectivity index (χ2v) is 6.76. The predicted molar refractivity (Wildman–Crippen MR) is 98.8 cm³/mol. The number of hydrogen-bond donors (Lipinski definition) is 0. The molecule has 3 aromatic heterocycles. The van der Waals surface area contributed by atoms with Crippen LogP contribution >= 0.6 is 0 Å². The van der Waals surface area contributed by atoms with E-state index in [1.807, 2.05) is 47.2 Å². The summed E-state index contributed by atoms with van der Waals surface area (Å²) in [6, 6.07) is 11.4. The molecule has 0 radical (unpaired) electrons. The standard InChI is InChI=1S/C21H18N2O3/c1-25-19-7-6-14(15-11-20(13-4-5-13)26-21(15)19)18(24)12-23-10-8-16-17(23)3-2-9-22-16/h2-3,6-11,13H,4-5,12H2,1H3. The second kappa shape index (κ2) is 5.73. The quantitative estimate of drug-likeness (QED) is 0.497. The number of fused-ring (bicyclic) bond motifs is 2. The van der Waals surface area contributed by atoms with Gasteiger partial charge >= 0.3 is 0 Å². The largest absolute Gasteiger partial charge is 0.493 e. The van der Waals surface area contributed by atoms with E-state index in [0.717, 1.165) is 35.0 Å². The van der Waals surface area contributed by atoms with Crippen LogP contribution in [-0.4, -0.2) is 22.4 Å². The minimum absolute atomic E-state index is 0.0437. The van der Waals surface area contributed by atoms with Crippen molar-refractivity contribution in [1.29, 1.82) is 0 Å². The van der Waals surface area contributed by atoms with E-state index in [1.165, 1.54) is 0 Å². The number of ketones is 1. The van der Waals surface area contributed by atoms with Crippen molar-refractivity contribution in [1.82, 2.24) is 9.55 Å². The third-order valence-electron chi connectivity index (χ3n) is 5.02. The number of hydrogen-bond acceptors (Lipinski definition) is 4. The Morgan fingerprint density at radius 1 is 1.31 bits per heavy atom. The molecule has 0 N–H and O–H groups in total. The molecule has 0 aliphatic heterocycles. The number of rotatable bonds is 5. The molecule has 1 aliphatic carbocycles. The smallest absolute Gasteiger partial charge is 0.183 e. The van der Waals surface area contributed by atoms with Gasteiger partial charge in [0.15, 0.2) is 17.1 Å². The molecule has 4 aromatic rings. The van der Waals surface area contributed by atoms with Gasteiger partial charge in [-0.25, -0.2) is 0 Å². The molecule has 0 bridgehead atoms. The summed E-state index contributed by atoms with van der Waals surface area (Å²) in [6.07, 6.45) is 5.95. The Kier molecular flexibility index (Phi) is 3.35. The number of carbonyl (C=O) groups is 1. The van der Waals surface area contributed by atoms with E-state index in [1.54, 1.807) is 13.3 Å². The van der Waals surface area contributed by atoms with Crippen molar-refractivity contribution in [3.05, 3.63) is 60.1 Å². The van der Waals surface area contributed by atoms with Crippen LogP contribution in [0.25, 0.3) is 22.0 Å². The number of pyridine rings is 1. The van der Waals surface area contributed by atoms with Crippen LogP contribution in [0.15, 0.2) is 53.2 Å². The number of Topliss-reactive ketones (excluding diaryl/α,β-unsaturated/α-hetero) is 1. The highest BCUT2D eigenvalue weighted by atomic mass is 16.5. The third kappa shape index (κ3) is 2.39. The normalized spacial score (nSPS) is 14.2. The lowest BCUT2D eigenvalue weighted by Crippen LogP contribution is -2.10. The predicted octanol–water partition coefficient (Wildman–Crippen LogP) is 4.55. The number of nitrogens with zero attached hydrogens (tertiary/aromatic N) is 2. The maximum Gasteiger partial charge on any atom is 0.183 e. The first-order valence-corrected chi connectivity index (χ1v) is 8.78. The van der Waals surface area contributed by atoms with Crippen LogP contribution in [0.2, 0.25) is 0 Å². The fraction of sp³-hybridized carbons (Fsp3) is 0.238. The molecule has 1 aromatic carbocycles. The van der Waals surface area contributed by atoms with Gasteiger partial charge in [0.2, 0.25) is 0 Å². The fourth-order valence-corrected chi connectivity index (χ4v) is 3.49. The molecular formula is C21H18N2O3. The molecule has 0 amide bonds. The number of benzene rings is 1. The second-order valence-electron chi connectivity index (χ2n) is 6.76. The Morgan fingerprint density at radius 2 is 2.19 bits per heavy atom. The van der Waals surface area contributed by atoms with Crippen LogP contribution in [0.3, 0.4) is 0 Å². The SMILES string of the molecule is COc1ccc(C(=O)Cn2ccc3ncccc32)c2cc(C3CC3)oc12. The van der Waals surface area contributed by atoms with Crippen molar-refractivity contribution >= 4 is 27.8 Å². The van der Waals surface area contributed by atoms with E-state index in [-0.39, 0.29) is 12.3 Å². The van der Waals surface area contributed by atoms with Gasteiger partial charge in [-0.15, -0.1) is 0 Å². The van der Waals surface area contributed by atoms with Crippen LogP contribution in [-0.2, 0) is 6.54 Å². The maximum absolute atomic E-state index is 13.0. The van der Waals surface area contributed by atoms with Gasteiger partial charge in [-0.3, -0.25) is 9.78 Å². The van der Waals surface area contributed by atoms with Crippen molar-refractivity contribution in [2.75, 3.05) is 7.11 Å². The summed E-state index contributed by atoms with van der Waals surface area (Å²) in [7, 11) is 1.62. The fourth-order valence-electron chi connectivity index (χ4n) is 3.49. The molecule has 0 saturated heterocycles. The van der Waals surface area contributed by atoms with Crippen LogP contribution in [0.4, 0.5) is 0 Å². The molecule has 130 valence electrons. The first-order valence-electron chi connectivity index (χ1n) is 8.78. The summed E-state index contributed by atoms with van der Waals surface area (Å²) in [6.45, 7) is 0.264. The Hall–Kier alpha value is -3.08. The van der Waals surface area contributed by atoms with Gasteiger partial charge in [0, 0.05) is 29.3 Å². The van der Waals surface area contributed by atoms with Gasteiger partial charge in [-0.05, 0) is 49.2 Å². The maximum atomic E-state index is 13.0. The van der Waals surface area contributed by atoms with Crippen molar-refractivity contribution in [2.45, 2.75) is 25.3 Å². The Balaban J connectivity index is 1.56. The van der Waals surface area contributed by atoms with E-state index in [9.17, 15) is 4.79 Å². The molecule has 0 spiro atoms. The summed E-state index contributed by atoms with van der Waals surface area (Å²) < 4.78 is 13.4. The molecule has 26 heavy (non-hydrogen) atoms. The molecular weight excluding hydrogens is 328 g/mol. The number of methoxy groups -OCH3 is 1. The van der Waals surface area contributed by atoms with E-state index in [2.05, 4.69) is 4.98 Å². The Labute approximate surface area is 150 Å². The molecule has 1 saturated carbocycles. The zero-order valence-corrected chi connectivity index (χ0v) is 14.4. The van der Waals surface area contributed by atoms with Crippen LogP contribution < -0.4 is 4.74 Å². The van der Waals surface area contributed by atoms with Crippen LogP contribution in [0.5, 0.6) is 5.75 Å². The summed E-state index contributed by atoms with van der Waals surface area (Å²) in [4.78, 5) is 17.4. The third-order valence-corrected chi connectivity index (χ3v) is 5.02. The number of aromatic nitrogens is 2. The summed E-state index contributed by atoms with van der Waals surface area (Å²) in [5.74, 6) is 2.14. The highest BCUT2D eigenvalue weighted by molar-refractivity contribution is 6.08. The number of carbonyl (C=O) groups excluding carboxylic acids is 1. The lowest BCUT2D eigenvalue weighted by Gasteiger charge is -2.07. The zero-order chi connectivity index (χ0) is 17.7. The number of ether oxygens (including phenoxy) is 1. The minimum Gasteiger partial charge on any atom is -0.493 e. The topological polar surface area (TPSA) is 57.3 Å². The van der Waals surface area contributed by atoms with Gasteiger partial charge < -0.3 is 13.7 Å². The average molecular weight is 346 g/mol. The van der Waals surface area contributed by atoms with Crippen molar-refractivity contribution < 1.29 is 13.9 Å². The zero-order valence-electron chi connectivity index (χ0n) is 14.4. The van der Waals surface area contributed by atoms with Gasteiger partial charge in [0.05, 0.1) is 24.7 Å². The van der Waals surface area contributed by atoms with Crippen LogP contribution in [0, 0.1) is 0 Å². The van der Waals surface area contributed by atoms with E-state index in [0.29, 0.717) is 22.8 Å². The Bertz CT molecular complexity index is 1130. The summed E-state index contributed by atoms with van der Waals surface area (Å²) >= 11 is 0.